The summed E-state index contributed by atoms with van der Waals surface area (Å²) in [5.41, 5.74) is 4.36. The first kappa shape index (κ1) is 19.8. The Morgan fingerprint density at radius 2 is 2.03 bits per heavy atom. The molecule has 3 aromatic heterocycles. The Balaban J connectivity index is 1.51. The van der Waals surface area contributed by atoms with Crippen molar-refractivity contribution < 1.29 is 0 Å². The van der Waals surface area contributed by atoms with E-state index >= 15 is 0 Å². The Labute approximate surface area is 175 Å². The molecule has 0 aromatic carbocycles. The fourth-order valence-electron chi connectivity index (χ4n) is 3.75. The van der Waals surface area contributed by atoms with E-state index in [1.807, 2.05) is 38.3 Å². The van der Waals surface area contributed by atoms with Gasteiger partial charge in [0.1, 0.15) is 0 Å². The van der Waals surface area contributed by atoms with Crippen molar-refractivity contribution in [1.82, 2.24) is 29.5 Å². The van der Waals surface area contributed by atoms with Crippen molar-refractivity contribution >= 4 is 28.8 Å². The number of aryl methyl sites for hydroxylation is 1. The first-order valence-electron chi connectivity index (χ1n) is 9.98. The molecule has 0 atom stereocenters. The zero-order valence-electron chi connectivity index (χ0n) is 17.1. The molecule has 7 nitrogen and oxygen atoms in total. The van der Waals surface area contributed by atoms with Crippen molar-refractivity contribution in [3.8, 4) is 0 Å². The van der Waals surface area contributed by atoms with Gasteiger partial charge in [-0.25, -0.2) is 19.5 Å². The average molecular weight is 412 g/mol. The topological polar surface area (TPSA) is 71.2 Å². The molecule has 3 aromatic rings. The zero-order valence-corrected chi connectivity index (χ0v) is 17.8. The van der Waals surface area contributed by atoms with Crippen LogP contribution >= 0.6 is 11.6 Å². The van der Waals surface area contributed by atoms with Gasteiger partial charge in [0.15, 0.2) is 10.8 Å². The van der Waals surface area contributed by atoms with Gasteiger partial charge < -0.3 is 10.2 Å². The molecule has 1 aliphatic rings. The van der Waals surface area contributed by atoms with Gasteiger partial charge in [-0.1, -0.05) is 17.7 Å². The van der Waals surface area contributed by atoms with Crippen LogP contribution in [0.15, 0.2) is 30.6 Å². The van der Waals surface area contributed by atoms with Crippen molar-refractivity contribution in [2.45, 2.75) is 26.7 Å². The van der Waals surface area contributed by atoms with Crippen LogP contribution in [0.4, 0.5) is 5.95 Å². The van der Waals surface area contributed by atoms with Crippen molar-refractivity contribution in [2.75, 3.05) is 32.0 Å². The molecular weight excluding hydrogens is 386 g/mol. The number of aromatic nitrogens is 5. The summed E-state index contributed by atoms with van der Waals surface area (Å²) in [7, 11) is 2.18. The van der Waals surface area contributed by atoms with E-state index in [1.165, 1.54) is 12.8 Å². The molecule has 8 heteroatoms. The smallest absolute Gasteiger partial charge is 0.222 e. The number of hydrogen-bond acceptors (Lipinski definition) is 6. The maximum Gasteiger partial charge on any atom is 0.222 e. The third-order valence-corrected chi connectivity index (χ3v) is 5.80. The van der Waals surface area contributed by atoms with Gasteiger partial charge in [-0.3, -0.25) is 0 Å². The van der Waals surface area contributed by atoms with E-state index in [-0.39, 0.29) is 0 Å². The number of likely N-dealkylation sites (tertiary alicyclic amines) is 1. The summed E-state index contributed by atoms with van der Waals surface area (Å²) < 4.78 is 1.63. The number of hydrogen-bond donors (Lipinski definition) is 1. The van der Waals surface area contributed by atoms with Gasteiger partial charge in [0.2, 0.25) is 5.95 Å². The second-order valence-corrected chi connectivity index (χ2v) is 7.98. The predicted octanol–water partition coefficient (Wildman–Crippen LogP) is 3.69. The standard InChI is InChI=1S/C21H26ClN7/c1-4-16(18-5-6-20-23-13-19(22)29(20)27-18)17-12-25-21(26-14(17)2)24-11-15-7-9-28(3)10-8-15/h4-6,12-13,15H,7-11H2,1-3H3,(H,24,25,26)/b16-4+. The Bertz CT molecular complexity index is 1030. The molecule has 0 unspecified atom stereocenters. The van der Waals surface area contributed by atoms with Crippen molar-refractivity contribution in [3.05, 3.63) is 52.7 Å². The number of allylic oxidation sites excluding steroid dienone is 1. The van der Waals surface area contributed by atoms with Crippen LogP contribution in [0.5, 0.6) is 0 Å². The molecule has 0 aliphatic carbocycles. The van der Waals surface area contributed by atoms with E-state index in [0.717, 1.165) is 47.8 Å². The monoisotopic (exact) mass is 411 g/mol. The van der Waals surface area contributed by atoms with Gasteiger partial charge in [-0.2, -0.15) is 5.10 Å². The highest BCUT2D eigenvalue weighted by molar-refractivity contribution is 6.29. The largest absolute Gasteiger partial charge is 0.354 e. The molecular formula is C21H26ClN7. The molecule has 1 aliphatic heterocycles. The maximum atomic E-state index is 6.18. The number of halogens is 1. The number of nitrogens with one attached hydrogen (secondary N) is 1. The van der Waals surface area contributed by atoms with Crippen LogP contribution in [0.1, 0.15) is 36.7 Å². The lowest BCUT2D eigenvalue weighted by Crippen LogP contribution is -2.33. The molecule has 1 saturated heterocycles. The quantitative estimate of drug-likeness (QED) is 0.690. The van der Waals surface area contributed by atoms with Crippen LogP contribution in [0.25, 0.3) is 11.2 Å². The highest BCUT2D eigenvalue weighted by Gasteiger charge is 2.17. The Morgan fingerprint density at radius 3 is 2.76 bits per heavy atom. The summed E-state index contributed by atoms with van der Waals surface area (Å²) in [6.07, 6.45) is 7.93. The highest BCUT2D eigenvalue weighted by atomic mass is 35.5. The van der Waals surface area contributed by atoms with Gasteiger partial charge in [-0.05, 0) is 64.9 Å². The molecule has 0 radical (unpaired) electrons. The fraction of sp³-hybridized carbons (Fsp3) is 0.429. The molecule has 4 heterocycles. The molecule has 0 amide bonds. The first-order valence-corrected chi connectivity index (χ1v) is 10.4. The minimum Gasteiger partial charge on any atom is -0.354 e. The molecule has 1 fully saturated rings. The normalized spacial score (nSPS) is 16.5. The second-order valence-electron chi connectivity index (χ2n) is 7.59. The number of fused-ring (bicyclic) bond motifs is 1. The van der Waals surface area contributed by atoms with E-state index in [4.69, 9.17) is 16.6 Å². The highest BCUT2D eigenvalue weighted by Crippen LogP contribution is 2.25. The summed E-state index contributed by atoms with van der Waals surface area (Å²) in [6, 6.07) is 3.85. The molecule has 1 N–H and O–H groups in total. The summed E-state index contributed by atoms with van der Waals surface area (Å²) >= 11 is 6.18. The van der Waals surface area contributed by atoms with Crippen LogP contribution < -0.4 is 5.32 Å². The molecule has 0 saturated carbocycles. The second kappa shape index (κ2) is 8.47. The van der Waals surface area contributed by atoms with Gasteiger partial charge in [-0.15, -0.1) is 0 Å². The van der Waals surface area contributed by atoms with Crippen LogP contribution in [0.2, 0.25) is 5.15 Å². The lowest BCUT2D eigenvalue weighted by molar-refractivity contribution is 0.226. The van der Waals surface area contributed by atoms with Gasteiger partial charge in [0, 0.05) is 23.9 Å². The maximum absolute atomic E-state index is 6.18. The Hall–Kier alpha value is -2.51. The van der Waals surface area contributed by atoms with E-state index in [9.17, 15) is 0 Å². The number of imidazole rings is 1. The summed E-state index contributed by atoms with van der Waals surface area (Å²) in [6.45, 7) is 7.23. The van der Waals surface area contributed by atoms with Crippen LogP contribution in [0.3, 0.4) is 0 Å². The number of piperidine rings is 1. The third-order valence-electron chi connectivity index (χ3n) is 5.54. The van der Waals surface area contributed by atoms with E-state index in [1.54, 1.807) is 10.7 Å². The molecule has 29 heavy (non-hydrogen) atoms. The third kappa shape index (κ3) is 4.26. The van der Waals surface area contributed by atoms with Gasteiger partial charge in [0.05, 0.1) is 17.6 Å². The summed E-state index contributed by atoms with van der Waals surface area (Å²) in [5.74, 6) is 1.36. The molecule has 0 bridgehead atoms. The van der Waals surface area contributed by atoms with Crippen molar-refractivity contribution in [3.63, 3.8) is 0 Å². The Kier molecular flexibility index (Phi) is 5.78. The summed E-state index contributed by atoms with van der Waals surface area (Å²) in [4.78, 5) is 15.9. The first-order chi connectivity index (χ1) is 14.0. The predicted molar refractivity (Wildman–Crippen MR) is 116 cm³/mol. The minimum atomic E-state index is 0.485. The zero-order chi connectivity index (χ0) is 20.4. The van der Waals surface area contributed by atoms with Crippen LogP contribution in [0, 0.1) is 12.8 Å². The minimum absolute atomic E-state index is 0.485. The lowest BCUT2D eigenvalue weighted by Gasteiger charge is -2.28. The fourth-order valence-corrected chi connectivity index (χ4v) is 3.92. The SMILES string of the molecule is C/C=C(/c1ccc2ncc(Cl)n2n1)c1cnc(NCC2CCN(C)CC2)nc1C. The van der Waals surface area contributed by atoms with Gasteiger partial charge >= 0.3 is 0 Å². The molecule has 4 rings (SSSR count). The Morgan fingerprint density at radius 1 is 1.24 bits per heavy atom. The summed E-state index contributed by atoms with van der Waals surface area (Å²) in [5, 5.41) is 8.53. The lowest BCUT2D eigenvalue weighted by atomic mass is 9.97. The van der Waals surface area contributed by atoms with E-state index in [2.05, 4.69) is 32.3 Å². The van der Waals surface area contributed by atoms with Crippen molar-refractivity contribution in [2.24, 2.45) is 5.92 Å². The number of nitrogens with zero attached hydrogens (tertiary/aromatic N) is 6. The van der Waals surface area contributed by atoms with Gasteiger partial charge in [0.25, 0.3) is 0 Å². The molecule has 152 valence electrons. The van der Waals surface area contributed by atoms with Crippen molar-refractivity contribution in [1.29, 1.82) is 0 Å². The van der Waals surface area contributed by atoms with E-state index in [0.29, 0.717) is 17.0 Å². The average Bonchev–Trinajstić information content (AvgIpc) is 3.10. The van der Waals surface area contributed by atoms with Crippen LogP contribution in [-0.4, -0.2) is 56.1 Å². The molecule has 0 spiro atoms. The number of rotatable bonds is 5. The number of anilines is 1. The van der Waals surface area contributed by atoms with Crippen LogP contribution in [-0.2, 0) is 0 Å². The van der Waals surface area contributed by atoms with E-state index < -0.39 is 0 Å².